The predicted molar refractivity (Wildman–Crippen MR) is 54.1 cm³/mol. The van der Waals surface area contributed by atoms with Crippen molar-refractivity contribution in [1.29, 1.82) is 0 Å². The number of H-pyrrole nitrogens is 1. The van der Waals surface area contributed by atoms with Crippen LogP contribution >= 0.6 is 0 Å². The summed E-state index contributed by atoms with van der Waals surface area (Å²) in [5, 5.41) is 0. The second-order valence-corrected chi connectivity index (χ2v) is 3.69. The SMILES string of the molecule is CCCC(C)c1c(C)[nH]c(=O)n1C. The molecule has 1 atom stereocenters. The van der Waals surface area contributed by atoms with Gasteiger partial charge in [0, 0.05) is 18.4 Å². The molecule has 1 aromatic rings. The molecule has 0 fully saturated rings. The molecule has 13 heavy (non-hydrogen) atoms. The van der Waals surface area contributed by atoms with Gasteiger partial charge in [0.15, 0.2) is 0 Å². The first kappa shape index (κ1) is 10.1. The number of aryl methyl sites for hydroxylation is 1. The lowest BCUT2D eigenvalue weighted by Gasteiger charge is -2.11. The van der Waals surface area contributed by atoms with Crippen LogP contribution in [0.4, 0.5) is 0 Å². The third-order valence-corrected chi connectivity index (χ3v) is 2.53. The van der Waals surface area contributed by atoms with Gasteiger partial charge >= 0.3 is 5.69 Å². The molecule has 0 aliphatic heterocycles. The molecule has 1 unspecified atom stereocenters. The highest BCUT2D eigenvalue weighted by molar-refractivity contribution is 5.15. The number of aromatic amines is 1. The van der Waals surface area contributed by atoms with Crippen molar-refractivity contribution in [2.24, 2.45) is 7.05 Å². The summed E-state index contributed by atoms with van der Waals surface area (Å²) >= 11 is 0. The van der Waals surface area contributed by atoms with E-state index in [4.69, 9.17) is 0 Å². The molecule has 1 rings (SSSR count). The Balaban J connectivity index is 3.05. The maximum atomic E-state index is 11.3. The number of imidazole rings is 1. The first-order valence-corrected chi connectivity index (χ1v) is 4.83. The molecule has 0 aliphatic rings. The summed E-state index contributed by atoms with van der Waals surface area (Å²) in [7, 11) is 1.83. The second-order valence-electron chi connectivity index (χ2n) is 3.69. The van der Waals surface area contributed by atoms with Crippen LogP contribution < -0.4 is 5.69 Å². The van der Waals surface area contributed by atoms with Crippen LogP contribution in [-0.4, -0.2) is 9.55 Å². The lowest BCUT2D eigenvalue weighted by atomic mass is 10.0. The molecule has 0 saturated carbocycles. The first-order valence-electron chi connectivity index (χ1n) is 4.83. The minimum atomic E-state index is -0.00421. The summed E-state index contributed by atoms with van der Waals surface area (Å²) < 4.78 is 1.72. The molecule has 3 nitrogen and oxygen atoms in total. The number of hydrogen-bond acceptors (Lipinski definition) is 1. The lowest BCUT2D eigenvalue weighted by molar-refractivity contribution is 0.612. The number of hydrogen-bond donors (Lipinski definition) is 1. The summed E-state index contributed by atoms with van der Waals surface area (Å²) in [6.07, 6.45) is 2.28. The highest BCUT2D eigenvalue weighted by Gasteiger charge is 2.13. The molecule has 74 valence electrons. The van der Waals surface area contributed by atoms with E-state index in [9.17, 15) is 4.79 Å². The number of nitrogens with zero attached hydrogens (tertiary/aromatic N) is 1. The smallest absolute Gasteiger partial charge is 0.310 e. The Hall–Kier alpha value is -0.990. The van der Waals surface area contributed by atoms with E-state index in [1.54, 1.807) is 4.57 Å². The predicted octanol–water partition coefficient (Wildman–Crippen LogP) is 1.93. The summed E-state index contributed by atoms with van der Waals surface area (Å²) in [5.41, 5.74) is 2.15. The van der Waals surface area contributed by atoms with Gasteiger partial charge in [-0.2, -0.15) is 0 Å². The van der Waals surface area contributed by atoms with Gasteiger partial charge in [-0.3, -0.25) is 4.57 Å². The zero-order valence-electron chi connectivity index (χ0n) is 8.85. The minimum Gasteiger partial charge on any atom is -0.310 e. The number of rotatable bonds is 3. The fraction of sp³-hybridized carbons (Fsp3) is 0.700. The van der Waals surface area contributed by atoms with E-state index in [1.807, 2.05) is 14.0 Å². The highest BCUT2D eigenvalue weighted by atomic mass is 16.1. The zero-order chi connectivity index (χ0) is 10.0. The largest absolute Gasteiger partial charge is 0.325 e. The van der Waals surface area contributed by atoms with Crippen LogP contribution in [0.3, 0.4) is 0 Å². The average molecular weight is 182 g/mol. The van der Waals surface area contributed by atoms with E-state index in [1.165, 1.54) is 0 Å². The average Bonchev–Trinajstić information content (AvgIpc) is 2.27. The molecule has 0 aliphatic carbocycles. The molecule has 1 N–H and O–H groups in total. The van der Waals surface area contributed by atoms with E-state index in [2.05, 4.69) is 18.8 Å². The third-order valence-electron chi connectivity index (χ3n) is 2.53. The second kappa shape index (κ2) is 3.81. The Morgan fingerprint density at radius 1 is 1.54 bits per heavy atom. The van der Waals surface area contributed by atoms with Gasteiger partial charge in [-0.1, -0.05) is 20.3 Å². The van der Waals surface area contributed by atoms with Gasteiger partial charge in [-0.25, -0.2) is 4.79 Å². The van der Waals surface area contributed by atoms with Gasteiger partial charge in [-0.05, 0) is 19.3 Å². The molecule has 0 amide bonds. The van der Waals surface area contributed by atoms with Crippen LogP contribution in [0.2, 0.25) is 0 Å². The van der Waals surface area contributed by atoms with Gasteiger partial charge in [0.2, 0.25) is 0 Å². The molecule has 1 heterocycles. The lowest BCUT2D eigenvalue weighted by Crippen LogP contribution is -2.15. The van der Waals surface area contributed by atoms with E-state index in [0.717, 1.165) is 24.2 Å². The molecular formula is C10H18N2O. The van der Waals surface area contributed by atoms with Crippen LogP contribution in [0.15, 0.2) is 4.79 Å². The van der Waals surface area contributed by atoms with Crippen LogP contribution in [0.5, 0.6) is 0 Å². The first-order chi connectivity index (χ1) is 6.07. The summed E-state index contributed by atoms with van der Waals surface area (Å²) in [6, 6.07) is 0. The maximum absolute atomic E-state index is 11.3. The normalized spacial score (nSPS) is 13.2. The maximum Gasteiger partial charge on any atom is 0.325 e. The molecular weight excluding hydrogens is 164 g/mol. The monoisotopic (exact) mass is 182 g/mol. The van der Waals surface area contributed by atoms with E-state index in [-0.39, 0.29) is 5.69 Å². The molecule has 3 heteroatoms. The van der Waals surface area contributed by atoms with E-state index in [0.29, 0.717) is 5.92 Å². The van der Waals surface area contributed by atoms with Crippen LogP contribution in [0.1, 0.15) is 44.0 Å². The van der Waals surface area contributed by atoms with Crippen molar-refractivity contribution in [2.45, 2.75) is 39.5 Å². The van der Waals surface area contributed by atoms with Crippen LogP contribution in [0.25, 0.3) is 0 Å². The summed E-state index contributed by atoms with van der Waals surface area (Å²) in [6.45, 7) is 6.29. The summed E-state index contributed by atoms with van der Waals surface area (Å²) in [5.74, 6) is 0.467. The molecule has 1 aromatic heterocycles. The molecule has 0 radical (unpaired) electrons. The van der Waals surface area contributed by atoms with Crippen molar-refractivity contribution in [2.75, 3.05) is 0 Å². The Kier molecular flexibility index (Phi) is 2.96. The van der Waals surface area contributed by atoms with Gasteiger partial charge in [0.05, 0.1) is 0 Å². The molecule has 0 saturated heterocycles. The van der Waals surface area contributed by atoms with Gasteiger partial charge in [0.1, 0.15) is 0 Å². The van der Waals surface area contributed by atoms with Gasteiger partial charge in [0.25, 0.3) is 0 Å². The Labute approximate surface area is 78.8 Å². The topological polar surface area (TPSA) is 37.8 Å². The van der Waals surface area contributed by atoms with Crippen molar-refractivity contribution in [3.8, 4) is 0 Å². The number of nitrogens with one attached hydrogen (secondary N) is 1. The standard InChI is InChI=1S/C10H18N2O/c1-5-6-7(2)9-8(3)11-10(13)12(9)4/h7H,5-6H2,1-4H3,(H,11,13). The fourth-order valence-electron chi connectivity index (χ4n) is 1.94. The fourth-order valence-corrected chi connectivity index (χ4v) is 1.94. The van der Waals surface area contributed by atoms with Crippen molar-refractivity contribution < 1.29 is 0 Å². The quantitative estimate of drug-likeness (QED) is 0.762. The Morgan fingerprint density at radius 3 is 2.54 bits per heavy atom. The minimum absolute atomic E-state index is 0.00421. The van der Waals surface area contributed by atoms with Gasteiger partial charge in [-0.15, -0.1) is 0 Å². The van der Waals surface area contributed by atoms with Crippen molar-refractivity contribution in [3.05, 3.63) is 21.9 Å². The van der Waals surface area contributed by atoms with Crippen LogP contribution in [0, 0.1) is 6.92 Å². The Morgan fingerprint density at radius 2 is 2.15 bits per heavy atom. The molecule has 0 spiro atoms. The van der Waals surface area contributed by atoms with Crippen molar-refractivity contribution in [1.82, 2.24) is 9.55 Å². The van der Waals surface area contributed by atoms with Crippen LogP contribution in [-0.2, 0) is 7.05 Å². The number of aromatic nitrogens is 2. The highest BCUT2D eigenvalue weighted by Crippen LogP contribution is 2.20. The summed E-state index contributed by atoms with van der Waals surface area (Å²) in [4.78, 5) is 14.1. The third kappa shape index (κ3) is 1.85. The Bertz CT molecular complexity index is 335. The van der Waals surface area contributed by atoms with Crippen molar-refractivity contribution >= 4 is 0 Å². The van der Waals surface area contributed by atoms with E-state index >= 15 is 0 Å². The zero-order valence-corrected chi connectivity index (χ0v) is 8.85. The molecule has 0 aromatic carbocycles. The molecule has 0 bridgehead atoms. The van der Waals surface area contributed by atoms with E-state index < -0.39 is 0 Å². The van der Waals surface area contributed by atoms with Crippen molar-refractivity contribution in [3.63, 3.8) is 0 Å². The van der Waals surface area contributed by atoms with Gasteiger partial charge < -0.3 is 4.98 Å².